The van der Waals surface area contributed by atoms with Gasteiger partial charge >= 0.3 is 0 Å². The predicted octanol–water partition coefficient (Wildman–Crippen LogP) is 3.13. The average molecular weight is 311 g/mol. The molecule has 2 fully saturated rings. The summed E-state index contributed by atoms with van der Waals surface area (Å²) in [7, 11) is 0. The average Bonchev–Trinajstić information content (AvgIpc) is 3.18. The van der Waals surface area contributed by atoms with Gasteiger partial charge in [-0.3, -0.25) is 4.79 Å². The number of carbonyl (C=O) groups excluding carboxylic acids is 1. The Hall–Kier alpha value is -1.13. The van der Waals surface area contributed by atoms with Crippen LogP contribution in [-0.2, 0) is 0 Å². The molecule has 3 rings (SSSR count). The van der Waals surface area contributed by atoms with E-state index in [0.29, 0.717) is 6.04 Å². The maximum Gasteiger partial charge on any atom is 0.251 e. The number of amides is 1. The molecule has 0 aliphatic heterocycles. The summed E-state index contributed by atoms with van der Waals surface area (Å²) in [6.45, 7) is 1.08. The second-order valence-electron chi connectivity index (χ2n) is 6.18. The van der Waals surface area contributed by atoms with E-state index in [1.165, 1.54) is 37.5 Å². The number of carbonyl (C=O) groups is 1. The van der Waals surface area contributed by atoms with E-state index >= 15 is 0 Å². The van der Waals surface area contributed by atoms with Crippen molar-refractivity contribution < 1.29 is 9.18 Å². The second-order valence-corrected chi connectivity index (χ2v) is 6.62. The van der Waals surface area contributed by atoms with Crippen molar-refractivity contribution in [3.05, 3.63) is 34.6 Å². The van der Waals surface area contributed by atoms with Gasteiger partial charge < -0.3 is 10.6 Å². The van der Waals surface area contributed by atoms with Crippen molar-refractivity contribution in [2.45, 2.75) is 44.2 Å². The van der Waals surface area contributed by atoms with Crippen LogP contribution < -0.4 is 10.6 Å². The van der Waals surface area contributed by atoms with Gasteiger partial charge in [-0.25, -0.2) is 4.39 Å². The molecule has 2 N–H and O–H groups in total. The minimum Gasteiger partial charge on any atom is -0.349 e. The topological polar surface area (TPSA) is 41.1 Å². The molecule has 0 heterocycles. The molecule has 0 unspecified atom stereocenters. The number of hydrogen-bond donors (Lipinski definition) is 2. The molecule has 0 radical (unpaired) electrons. The van der Waals surface area contributed by atoms with E-state index in [4.69, 9.17) is 11.6 Å². The van der Waals surface area contributed by atoms with Crippen LogP contribution in [0.5, 0.6) is 0 Å². The van der Waals surface area contributed by atoms with Gasteiger partial charge in [-0.1, -0.05) is 24.4 Å². The molecule has 1 amide bonds. The zero-order valence-corrected chi connectivity index (χ0v) is 12.6. The molecule has 0 aromatic heterocycles. The monoisotopic (exact) mass is 310 g/mol. The molecule has 2 saturated carbocycles. The molecule has 0 atom stereocenters. The van der Waals surface area contributed by atoms with Crippen molar-refractivity contribution in [1.29, 1.82) is 0 Å². The molecule has 0 saturated heterocycles. The first-order valence-corrected chi connectivity index (χ1v) is 7.98. The van der Waals surface area contributed by atoms with Gasteiger partial charge in [0.05, 0.1) is 0 Å². The number of benzene rings is 1. The lowest BCUT2D eigenvalue weighted by molar-refractivity contribution is 0.0902. The molecule has 114 valence electrons. The van der Waals surface area contributed by atoms with E-state index in [1.54, 1.807) is 0 Å². The minimum atomic E-state index is -0.485. The van der Waals surface area contributed by atoms with Gasteiger partial charge in [-0.05, 0) is 49.9 Å². The van der Waals surface area contributed by atoms with Crippen molar-refractivity contribution >= 4 is 17.5 Å². The maximum atomic E-state index is 13.2. The van der Waals surface area contributed by atoms with Crippen LogP contribution in [0.2, 0.25) is 5.02 Å². The number of nitrogens with one attached hydrogen (secondary N) is 2. The fraction of sp³-hybridized carbons (Fsp3) is 0.562. The van der Waals surface area contributed by atoms with Crippen molar-refractivity contribution in [3.63, 3.8) is 0 Å². The van der Waals surface area contributed by atoms with Crippen LogP contribution in [0.1, 0.15) is 42.5 Å². The predicted molar refractivity (Wildman–Crippen MR) is 81.0 cm³/mol. The summed E-state index contributed by atoms with van der Waals surface area (Å²) in [4.78, 5) is 12.0. The third kappa shape index (κ3) is 4.17. The van der Waals surface area contributed by atoms with Crippen molar-refractivity contribution in [3.8, 4) is 0 Å². The van der Waals surface area contributed by atoms with E-state index < -0.39 is 5.82 Å². The first kappa shape index (κ1) is 14.8. The summed E-state index contributed by atoms with van der Waals surface area (Å²) in [6.07, 6.45) is 5.94. The van der Waals surface area contributed by atoms with Gasteiger partial charge in [-0.2, -0.15) is 0 Å². The van der Waals surface area contributed by atoms with Crippen LogP contribution in [0.3, 0.4) is 0 Å². The third-order valence-corrected chi connectivity index (χ3v) is 4.50. The van der Waals surface area contributed by atoms with Crippen molar-refractivity contribution in [2.24, 2.45) is 5.92 Å². The Labute approximate surface area is 129 Å². The smallest absolute Gasteiger partial charge is 0.251 e. The van der Waals surface area contributed by atoms with Crippen molar-refractivity contribution in [2.75, 3.05) is 6.54 Å². The summed E-state index contributed by atoms with van der Waals surface area (Å²) >= 11 is 5.76. The number of hydrogen-bond acceptors (Lipinski definition) is 2. The van der Waals surface area contributed by atoms with Crippen LogP contribution in [0, 0.1) is 11.7 Å². The minimum absolute atomic E-state index is 0.179. The first-order valence-electron chi connectivity index (χ1n) is 7.60. The van der Waals surface area contributed by atoms with E-state index in [-0.39, 0.29) is 22.5 Å². The molecular weight excluding hydrogens is 291 g/mol. The summed E-state index contributed by atoms with van der Waals surface area (Å²) < 4.78 is 13.2. The highest BCUT2D eigenvalue weighted by atomic mass is 35.5. The van der Waals surface area contributed by atoms with Crippen LogP contribution >= 0.6 is 11.6 Å². The van der Waals surface area contributed by atoms with Gasteiger partial charge in [0.25, 0.3) is 5.91 Å². The third-order valence-electron chi connectivity index (χ3n) is 4.28. The molecular formula is C16H20ClFN2O. The van der Waals surface area contributed by atoms with Crippen molar-refractivity contribution in [1.82, 2.24) is 10.6 Å². The van der Waals surface area contributed by atoms with Crippen LogP contribution in [0.4, 0.5) is 4.39 Å². The van der Waals surface area contributed by atoms with Gasteiger partial charge in [0.1, 0.15) is 5.82 Å². The first-order chi connectivity index (χ1) is 10.1. The molecule has 5 heteroatoms. The highest BCUT2D eigenvalue weighted by Gasteiger charge is 2.30. The lowest BCUT2D eigenvalue weighted by Crippen LogP contribution is -2.52. The second kappa shape index (κ2) is 6.32. The Morgan fingerprint density at radius 3 is 2.67 bits per heavy atom. The zero-order valence-electron chi connectivity index (χ0n) is 11.9. The van der Waals surface area contributed by atoms with Gasteiger partial charge in [0.15, 0.2) is 0 Å². The number of halogens is 2. The summed E-state index contributed by atoms with van der Waals surface area (Å²) in [6, 6.07) is 4.58. The van der Waals surface area contributed by atoms with E-state index in [9.17, 15) is 9.18 Å². The Morgan fingerprint density at radius 2 is 2.00 bits per heavy atom. The molecule has 0 bridgehead atoms. The molecule has 21 heavy (non-hydrogen) atoms. The fourth-order valence-electron chi connectivity index (χ4n) is 2.75. The van der Waals surface area contributed by atoms with Gasteiger partial charge in [0, 0.05) is 22.7 Å². The highest BCUT2D eigenvalue weighted by Crippen LogP contribution is 2.32. The Morgan fingerprint density at radius 1 is 1.24 bits per heavy atom. The Balaban J connectivity index is 1.40. The standard InChI is InChI=1S/C16H20ClFN2O/c17-12-5-11(6-13(18)7-12)16(21)20-15-8-14(9-15)19-4-3-10-1-2-10/h5-7,10,14-15,19H,1-4,8-9H2,(H,20,21)/t14-,15-. The molecule has 2 aliphatic rings. The maximum absolute atomic E-state index is 13.2. The lowest BCUT2D eigenvalue weighted by Gasteiger charge is -2.36. The van der Waals surface area contributed by atoms with E-state index in [2.05, 4.69) is 10.6 Å². The highest BCUT2D eigenvalue weighted by molar-refractivity contribution is 6.31. The number of rotatable bonds is 6. The largest absolute Gasteiger partial charge is 0.349 e. The van der Waals surface area contributed by atoms with Gasteiger partial charge in [0.2, 0.25) is 0 Å². The van der Waals surface area contributed by atoms with Crippen LogP contribution in [0.15, 0.2) is 18.2 Å². The quantitative estimate of drug-likeness (QED) is 0.847. The summed E-state index contributed by atoms with van der Waals surface area (Å²) in [5.41, 5.74) is 0.283. The molecule has 2 aliphatic carbocycles. The fourth-order valence-corrected chi connectivity index (χ4v) is 2.98. The SMILES string of the molecule is O=C(N[C@H]1C[C@H](NCCC2CC2)C1)c1cc(F)cc(Cl)c1. The Kier molecular flexibility index (Phi) is 4.45. The van der Waals surface area contributed by atoms with E-state index in [1.807, 2.05) is 0 Å². The van der Waals surface area contributed by atoms with Gasteiger partial charge in [-0.15, -0.1) is 0 Å². The lowest BCUT2D eigenvalue weighted by atomic mass is 9.86. The normalized spacial score (nSPS) is 24.5. The van der Waals surface area contributed by atoms with Crippen LogP contribution in [0.25, 0.3) is 0 Å². The molecule has 1 aromatic carbocycles. The summed E-state index contributed by atoms with van der Waals surface area (Å²) in [5.74, 6) is 0.213. The molecule has 3 nitrogen and oxygen atoms in total. The zero-order chi connectivity index (χ0) is 14.8. The van der Waals surface area contributed by atoms with Crippen LogP contribution in [-0.4, -0.2) is 24.5 Å². The van der Waals surface area contributed by atoms with E-state index in [0.717, 1.165) is 25.3 Å². The molecule has 1 aromatic rings. The Bertz CT molecular complexity index is 507. The summed E-state index contributed by atoms with van der Waals surface area (Å²) in [5, 5.41) is 6.69. The molecule has 0 spiro atoms.